The quantitative estimate of drug-likeness (QED) is 0.777. The van der Waals surface area contributed by atoms with E-state index in [1.54, 1.807) is 0 Å². The standard InChI is InChI=1S/C17H30O3/c18-15-13-10-4-2-1-3-5-11-14(13)20-17(16(15)19)12-8-6-7-9-12/h12-19H,1-11H2/t13?,14?,15-,16-,17?/m1/s1. The van der Waals surface area contributed by atoms with Crippen LogP contribution in [0.5, 0.6) is 0 Å². The van der Waals surface area contributed by atoms with E-state index in [1.165, 1.54) is 44.9 Å². The zero-order valence-electron chi connectivity index (χ0n) is 12.5. The van der Waals surface area contributed by atoms with E-state index in [-0.39, 0.29) is 18.1 Å². The van der Waals surface area contributed by atoms with E-state index >= 15 is 0 Å². The summed E-state index contributed by atoms with van der Waals surface area (Å²) >= 11 is 0. The number of aliphatic hydroxyl groups is 2. The van der Waals surface area contributed by atoms with Gasteiger partial charge in [-0.1, -0.05) is 44.9 Å². The molecule has 0 aromatic heterocycles. The molecule has 3 heteroatoms. The Morgan fingerprint density at radius 1 is 0.650 bits per heavy atom. The van der Waals surface area contributed by atoms with Crippen LogP contribution in [0.25, 0.3) is 0 Å². The highest BCUT2D eigenvalue weighted by Crippen LogP contribution is 2.40. The molecule has 0 aromatic carbocycles. The molecule has 1 aliphatic heterocycles. The summed E-state index contributed by atoms with van der Waals surface area (Å²) in [5.74, 6) is 0.619. The second kappa shape index (κ2) is 6.76. The lowest BCUT2D eigenvalue weighted by Crippen LogP contribution is -2.56. The van der Waals surface area contributed by atoms with Crippen molar-refractivity contribution in [3.63, 3.8) is 0 Å². The largest absolute Gasteiger partial charge is 0.390 e. The van der Waals surface area contributed by atoms with Gasteiger partial charge in [0.25, 0.3) is 0 Å². The molecule has 3 rings (SSSR count). The molecule has 3 fully saturated rings. The topological polar surface area (TPSA) is 49.7 Å². The number of ether oxygens (including phenoxy) is 1. The van der Waals surface area contributed by atoms with E-state index in [0.717, 1.165) is 25.7 Å². The van der Waals surface area contributed by atoms with Crippen LogP contribution in [0.3, 0.4) is 0 Å². The SMILES string of the molecule is O[C@@H]1C2CCCCCCCC2OC(C2CCCC2)[C@@H]1O. The van der Waals surface area contributed by atoms with Gasteiger partial charge in [-0.3, -0.25) is 0 Å². The predicted octanol–water partition coefficient (Wildman–Crippen LogP) is 3.03. The first-order valence-corrected chi connectivity index (χ1v) is 8.79. The molecule has 2 aliphatic carbocycles. The molecule has 0 spiro atoms. The van der Waals surface area contributed by atoms with Crippen LogP contribution in [0, 0.1) is 11.8 Å². The fraction of sp³-hybridized carbons (Fsp3) is 1.00. The Balaban J connectivity index is 1.71. The second-order valence-electron chi connectivity index (χ2n) is 7.17. The Morgan fingerprint density at radius 2 is 1.25 bits per heavy atom. The molecule has 0 amide bonds. The molecule has 3 nitrogen and oxygen atoms in total. The van der Waals surface area contributed by atoms with E-state index in [9.17, 15) is 10.2 Å². The number of rotatable bonds is 1. The van der Waals surface area contributed by atoms with E-state index in [2.05, 4.69) is 0 Å². The summed E-state index contributed by atoms with van der Waals surface area (Å²) in [4.78, 5) is 0. The van der Waals surface area contributed by atoms with Gasteiger partial charge in [-0.15, -0.1) is 0 Å². The Bertz CT molecular complexity index is 301. The first-order chi connectivity index (χ1) is 9.77. The Kier molecular flexibility index (Phi) is 5.00. The minimum atomic E-state index is -0.667. The van der Waals surface area contributed by atoms with Gasteiger partial charge in [0.15, 0.2) is 0 Å². The third kappa shape index (κ3) is 3.05. The van der Waals surface area contributed by atoms with Crippen LogP contribution in [-0.2, 0) is 4.74 Å². The van der Waals surface area contributed by atoms with Crippen molar-refractivity contribution >= 4 is 0 Å². The average molecular weight is 282 g/mol. The van der Waals surface area contributed by atoms with Crippen molar-refractivity contribution < 1.29 is 14.9 Å². The smallest absolute Gasteiger partial charge is 0.107 e. The molecular weight excluding hydrogens is 252 g/mol. The van der Waals surface area contributed by atoms with Crippen molar-refractivity contribution in [2.24, 2.45) is 11.8 Å². The monoisotopic (exact) mass is 282 g/mol. The maximum Gasteiger partial charge on any atom is 0.107 e. The van der Waals surface area contributed by atoms with Gasteiger partial charge >= 0.3 is 0 Å². The Hall–Kier alpha value is -0.120. The highest BCUT2D eigenvalue weighted by Gasteiger charge is 2.46. The summed E-state index contributed by atoms with van der Waals surface area (Å²) in [7, 11) is 0. The summed E-state index contributed by atoms with van der Waals surface area (Å²) in [6.07, 6.45) is 12.0. The summed E-state index contributed by atoms with van der Waals surface area (Å²) in [6, 6.07) is 0. The first kappa shape index (κ1) is 14.8. The molecule has 2 N–H and O–H groups in total. The van der Waals surface area contributed by atoms with E-state index in [0.29, 0.717) is 5.92 Å². The normalized spacial score (nSPS) is 44.4. The fourth-order valence-corrected chi connectivity index (χ4v) is 4.62. The minimum Gasteiger partial charge on any atom is -0.390 e. The van der Waals surface area contributed by atoms with Gasteiger partial charge in [0.2, 0.25) is 0 Å². The van der Waals surface area contributed by atoms with Crippen molar-refractivity contribution in [3.05, 3.63) is 0 Å². The first-order valence-electron chi connectivity index (χ1n) is 8.79. The number of hydrogen-bond donors (Lipinski definition) is 2. The van der Waals surface area contributed by atoms with Gasteiger partial charge in [-0.25, -0.2) is 0 Å². The third-order valence-corrected chi connectivity index (χ3v) is 5.83. The van der Waals surface area contributed by atoms with Gasteiger partial charge < -0.3 is 14.9 Å². The van der Waals surface area contributed by atoms with Crippen molar-refractivity contribution in [3.8, 4) is 0 Å². The van der Waals surface area contributed by atoms with E-state index < -0.39 is 12.2 Å². The molecule has 3 unspecified atom stereocenters. The summed E-state index contributed by atoms with van der Waals surface area (Å²) < 4.78 is 6.34. The lowest BCUT2D eigenvalue weighted by molar-refractivity contribution is -0.216. The number of hydrogen-bond acceptors (Lipinski definition) is 3. The highest BCUT2D eigenvalue weighted by atomic mass is 16.5. The van der Waals surface area contributed by atoms with Gasteiger partial charge in [0.05, 0.1) is 18.3 Å². The Morgan fingerprint density at radius 3 is 2.00 bits per heavy atom. The van der Waals surface area contributed by atoms with Crippen LogP contribution in [0.1, 0.15) is 70.6 Å². The average Bonchev–Trinajstić information content (AvgIpc) is 2.99. The van der Waals surface area contributed by atoms with Crippen molar-refractivity contribution in [2.45, 2.75) is 95.0 Å². The zero-order chi connectivity index (χ0) is 13.9. The molecule has 1 heterocycles. The van der Waals surface area contributed by atoms with Crippen LogP contribution in [0.2, 0.25) is 0 Å². The molecule has 0 bridgehead atoms. The van der Waals surface area contributed by atoms with E-state index in [1.807, 2.05) is 0 Å². The maximum absolute atomic E-state index is 10.6. The second-order valence-corrected chi connectivity index (χ2v) is 7.17. The molecule has 116 valence electrons. The van der Waals surface area contributed by atoms with E-state index in [4.69, 9.17) is 4.74 Å². The molecule has 20 heavy (non-hydrogen) atoms. The van der Waals surface area contributed by atoms with Crippen LogP contribution in [0.4, 0.5) is 0 Å². The predicted molar refractivity (Wildman–Crippen MR) is 78.4 cm³/mol. The maximum atomic E-state index is 10.6. The van der Waals surface area contributed by atoms with Crippen molar-refractivity contribution in [2.75, 3.05) is 0 Å². The Labute approximate surface area is 122 Å². The lowest BCUT2D eigenvalue weighted by atomic mass is 9.79. The summed E-state index contributed by atoms with van der Waals surface area (Å²) in [5.41, 5.74) is 0. The molecule has 5 atom stereocenters. The van der Waals surface area contributed by atoms with Crippen LogP contribution >= 0.6 is 0 Å². The molecule has 0 radical (unpaired) electrons. The summed E-state index contributed by atoms with van der Waals surface area (Å²) in [6.45, 7) is 0. The number of aliphatic hydroxyl groups excluding tert-OH is 2. The van der Waals surface area contributed by atoms with Crippen molar-refractivity contribution in [1.82, 2.24) is 0 Å². The van der Waals surface area contributed by atoms with Crippen LogP contribution < -0.4 is 0 Å². The van der Waals surface area contributed by atoms with Crippen LogP contribution in [-0.4, -0.2) is 34.6 Å². The molecule has 1 saturated heterocycles. The molecule has 3 aliphatic rings. The lowest BCUT2D eigenvalue weighted by Gasteiger charge is -2.45. The van der Waals surface area contributed by atoms with Crippen molar-refractivity contribution in [1.29, 1.82) is 0 Å². The summed E-state index contributed by atoms with van der Waals surface area (Å²) in [5, 5.41) is 21.1. The van der Waals surface area contributed by atoms with Gasteiger partial charge in [-0.05, 0) is 31.6 Å². The van der Waals surface area contributed by atoms with Crippen LogP contribution in [0.15, 0.2) is 0 Å². The zero-order valence-corrected chi connectivity index (χ0v) is 12.5. The number of fused-ring (bicyclic) bond motifs is 1. The molecule has 2 saturated carbocycles. The highest BCUT2D eigenvalue weighted by molar-refractivity contribution is 4.95. The van der Waals surface area contributed by atoms with Gasteiger partial charge in [-0.2, -0.15) is 0 Å². The van der Waals surface area contributed by atoms with Gasteiger partial charge in [0.1, 0.15) is 6.10 Å². The minimum absolute atomic E-state index is 0.116. The third-order valence-electron chi connectivity index (χ3n) is 5.83. The molecule has 0 aromatic rings. The fourth-order valence-electron chi connectivity index (χ4n) is 4.62. The molecular formula is C17H30O3. The van der Waals surface area contributed by atoms with Gasteiger partial charge in [0, 0.05) is 5.92 Å².